The van der Waals surface area contributed by atoms with E-state index in [2.05, 4.69) is 10.3 Å². The summed E-state index contributed by atoms with van der Waals surface area (Å²) in [4.78, 5) is 31.2. The van der Waals surface area contributed by atoms with Gasteiger partial charge in [-0.3, -0.25) is 9.32 Å². The van der Waals surface area contributed by atoms with Gasteiger partial charge in [0.2, 0.25) is 5.69 Å². The minimum absolute atomic E-state index is 0.116. The van der Waals surface area contributed by atoms with E-state index in [4.69, 9.17) is 10.3 Å². The maximum atomic E-state index is 13.2. The average Bonchev–Trinajstić information content (AvgIpc) is 3.38. The third-order valence-corrected chi connectivity index (χ3v) is 6.22. The van der Waals surface area contributed by atoms with Crippen LogP contribution in [0.5, 0.6) is 0 Å². The molecule has 8 heteroatoms. The molecule has 3 heterocycles. The van der Waals surface area contributed by atoms with Crippen molar-refractivity contribution in [3.8, 4) is 5.69 Å². The number of nitrogens with zero attached hydrogens (tertiary/aromatic N) is 2. The number of thiophene rings is 1. The van der Waals surface area contributed by atoms with Gasteiger partial charge >= 0.3 is 11.3 Å². The van der Waals surface area contributed by atoms with Crippen LogP contribution < -0.4 is 16.0 Å². The smallest absolute Gasteiger partial charge is 0.397 e. The van der Waals surface area contributed by atoms with Gasteiger partial charge in [0.25, 0.3) is 5.78 Å². The van der Waals surface area contributed by atoms with Gasteiger partial charge in [0.1, 0.15) is 9.71 Å². The van der Waals surface area contributed by atoms with Crippen molar-refractivity contribution >= 4 is 33.0 Å². The summed E-state index contributed by atoms with van der Waals surface area (Å²) in [6, 6.07) is 9.42. The lowest BCUT2D eigenvalue weighted by molar-refractivity contribution is -0.672. The predicted molar refractivity (Wildman–Crippen MR) is 105 cm³/mol. The second kappa shape index (κ2) is 6.13. The number of H-pyrrole nitrogens is 1. The van der Waals surface area contributed by atoms with Crippen LogP contribution >= 0.6 is 11.3 Å². The number of pyridine rings is 1. The molecule has 0 aliphatic heterocycles. The predicted octanol–water partition coefficient (Wildman–Crippen LogP) is 2.46. The molecule has 0 radical (unpaired) electrons. The van der Waals surface area contributed by atoms with Crippen LogP contribution in [0.3, 0.4) is 0 Å². The Bertz CT molecular complexity index is 1300. The molecule has 0 amide bonds. The zero-order chi connectivity index (χ0) is 19.4. The molecule has 3 aromatic heterocycles. The number of aromatic nitrogens is 3. The maximum Gasteiger partial charge on any atom is 0.439 e. The van der Waals surface area contributed by atoms with Crippen molar-refractivity contribution in [3.05, 3.63) is 68.1 Å². The summed E-state index contributed by atoms with van der Waals surface area (Å²) in [5.74, 6) is -0.476. The van der Waals surface area contributed by atoms with E-state index in [1.807, 2.05) is 25.1 Å². The van der Waals surface area contributed by atoms with E-state index < -0.39 is 11.4 Å². The van der Waals surface area contributed by atoms with Crippen LogP contribution in [0.25, 0.3) is 15.9 Å². The molecule has 1 aliphatic rings. The normalized spacial score (nSPS) is 13.2. The van der Waals surface area contributed by atoms with Crippen LogP contribution in [-0.4, -0.2) is 16.0 Å². The fraction of sp³-hybridized carbons (Fsp3) is 0.200. The molecule has 0 atom stereocenters. The number of benzene rings is 1. The molecule has 0 saturated heterocycles. The van der Waals surface area contributed by atoms with Crippen LogP contribution in [-0.2, 0) is 12.8 Å². The number of nitrogens with two attached hydrogens (primary N) is 1. The molecule has 1 aliphatic carbocycles. The summed E-state index contributed by atoms with van der Waals surface area (Å²) in [5.41, 5.74) is 9.75. The third-order valence-electron chi connectivity index (χ3n) is 5.11. The van der Waals surface area contributed by atoms with E-state index in [1.54, 1.807) is 12.1 Å². The van der Waals surface area contributed by atoms with Gasteiger partial charge in [0.15, 0.2) is 0 Å². The topological polar surface area (TPSA) is 106 Å². The Hall–Kier alpha value is -3.26. The van der Waals surface area contributed by atoms with Gasteiger partial charge in [-0.15, -0.1) is 11.3 Å². The number of anilines is 1. The van der Waals surface area contributed by atoms with Crippen molar-refractivity contribution in [1.29, 1.82) is 0 Å². The summed E-state index contributed by atoms with van der Waals surface area (Å²) in [6.07, 6.45) is 3.01. The highest BCUT2D eigenvalue weighted by Crippen LogP contribution is 2.36. The van der Waals surface area contributed by atoms with Gasteiger partial charge in [0, 0.05) is 23.2 Å². The molecule has 140 valence electrons. The minimum atomic E-state index is -0.738. The molecule has 0 saturated carbocycles. The zero-order valence-electron chi connectivity index (χ0n) is 15.1. The lowest BCUT2D eigenvalue weighted by Crippen LogP contribution is -2.41. The first-order valence-electron chi connectivity index (χ1n) is 8.99. The maximum absolute atomic E-state index is 13.2. The lowest BCUT2D eigenvalue weighted by Gasteiger charge is -1.98. The number of aryl methyl sites for hydroxylation is 3. The van der Waals surface area contributed by atoms with Crippen molar-refractivity contribution in [2.45, 2.75) is 26.2 Å². The number of nitrogen functional groups attached to an aromatic ring is 1. The van der Waals surface area contributed by atoms with E-state index in [0.29, 0.717) is 16.3 Å². The second-order valence-corrected chi connectivity index (χ2v) is 7.97. The molecule has 1 aromatic carbocycles. The highest BCUT2D eigenvalue weighted by atomic mass is 32.1. The van der Waals surface area contributed by atoms with Crippen molar-refractivity contribution in [3.63, 3.8) is 0 Å². The highest BCUT2D eigenvalue weighted by molar-refractivity contribution is 7.21. The molecule has 0 bridgehead atoms. The van der Waals surface area contributed by atoms with Crippen molar-refractivity contribution in [2.75, 3.05) is 5.73 Å². The number of carbonyl (C=O) groups is 1. The van der Waals surface area contributed by atoms with E-state index in [9.17, 15) is 9.59 Å². The standard InChI is InChI=1S/C20H16N4O3S/c1-10-5-7-12(8-6-10)24-16(20(26)27-23-24)17(25)18-15(21)13-9-11-3-2-4-14(11)22-19(13)28-18/h5-9H,2-4H2,1H3,(H2-,21,23,25,26)/p+1. The number of aromatic amines is 1. The first-order valence-corrected chi connectivity index (χ1v) is 9.80. The molecule has 28 heavy (non-hydrogen) atoms. The second-order valence-electron chi connectivity index (χ2n) is 6.97. The number of carbonyl (C=O) groups excluding carboxylic acids is 1. The summed E-state index contributed by atoms with van der Waals surface area (Å²) >= 11 is 1.22. The van der Waals surface area contributed by atoms with Crippen molar-refractivity contribution in [1.82, 2.24) is 10.3 Å². The Morgan fingerprint density at radius 3 is 2.86 bits per heavy atom. The Morgan fingerprint density at radius 2 is 2.07 bits per heavy atom. The van der Waals surface area contributed by atoms with E-state index in [1.165, 1.54) is 21.6 Å². The van der Waals surface area contributed by atoms with Gasteiger partial charge in [-0.05, 0) is 47.8 Å². The number of hydrogen-bond donors (Lipinski definition) is 2. The summed E-state index contributed by atoms with van der Waals surface area (Å²) in [6.45, 7) is 1.96. The zero-order valence-corrected chi connectivity index (χ0v) is 15.9. The Morgan fingerprint density at radius 1 is 1.29 bits per heavy atom. The SMILES string of the molecule is Cc1ccc(-[n+]2[nH]oc(=O)c2C(=O)c2sc3nc4c(cc3c2N)CCC4)cc1. The number of nitrogens with one attached hydrogen (secondary N) is 1. The van der Waals surface area contributed by atoms with Crippen LogP contribution in [0.2, 0.25) is 0 Å². The molecular weight excluding hydrogens is 376 g/mol. The van der Waals surface area contributed by atoms with Crippen LogP contribution in [0.4, 0.5) is 5.69 Å². The van der Waals surface area contributed by atoms with E-state index >= 15 is 0 Å². The Labute approximate surface area is 163 Å². The fourth-order valence-electron chi connectivity index (χ4n) is 3.62. The number of hydrogen-bond acceptors (Lipinski definition) is 6. The highest BCUT2D eigenvalue weighted by Gasteiger charge is 2.34. The van der Waals surface area contributed by atoms with Crippen LogP contribution in [0.1, 0.15) is 38.6 Å². The van der Waals surface area contributed by atoms with Gasteiger partial charge in [-0.25, -0.2) is 9.78 Å². The van der Waals surface area contributed by atoms with Gasteiger partial charge in [-0.1, -0.05) is 17.7 Å². The minimum Gasteiger partial charge on any atom is -0.397 e. The van der Waals surface area contributed by atoms with Crippen molar-refractivity contribution < 1.29 is 14.0 Å². The van der Waals surface area contributed by atoms with E-state index in [0.717, 1.165) is 40.7 Å². The molecule has 0 unspecified atom stereocenters. The summed E-state index contributed by atoms with van der Waals surface area (Å²) in [5, 5.41) is 3.28. The Balaban J connectivity index is 1.65. The summed E-state index contributed by atoms with van der Waals surface area (Å²) in [7, 11) is 0. The number of rotatable bonds is 3. The van der Waals surface area contributed by atoms with Crippen molar-refractivity contribution in [2.24, 2.45) is 0 Å². The van der Waals surface area contributed by atoms with Gasteiger partial charge in [0.05, 0.1) is 5.69 Å². The van der Waals surface area contributed by atoms with Gasteiger partial charge < -0.3 is 5.73 Å². The lowest BCUT2D eigenvalue weighted by atomic mass is 10.1. The number of ketones is 1. The molecule has 0 spiro atoms. The quantitative estimate of drug-likeness (QED) is 0.411. The van der Waals surface area contributed by atoms with E-state index in [-0.39, 0.29) is 5.69 Å². The molecule has 3 N–H and O–H groups in total. The largest absolute Gasteiger partial charge is 0.439 e. The molecule has 0 fully saturated rings. The first kappa shape index (κ1) is 16.9. The monoisotopic (exact) mass is 393 g/mol. The third kappa shape index (κ3) is 2.49. The molecular formula is C20H17N4O3S+. The Kier molecular flexibility index (Phi) is 3.70. The molecule has 5 rings (SSSR count). The van der Waals surface area contributed by atoms with Gasteiger partial charge in [-0.2, -0.15) is 0 Å². The van der Waals surface area contributed by atoms with Crippen LogP contribution in [0.15, 0.2) is 39.6 Å². The fourth-order valence-corrected chi connectivity index (χ4v) is 4.65. The first-order chi connectivity index (χ1) is 13.5. The molecule has 7 nitrogen and oxygen atoms in total. The number of fused-ring (bicyclic) bond motifs is 2. The molecule has 4 aromatic rings. The van der Waals surface area contributed by atoms with Crippen LogP contribution in [0, 0.1) is 6.92 Å². The summed E-state index contributed by atoms with van der Waals surface area (Å²) < 4.78 is 6.26. The average molecular weight is 393 g/mol.